The maximum absolute atomic E-state index is 13.6. The van der Waals surface area contributed by atoms with Crippen LogP contribution in [0.3, 0.4) is 0 Å². The molecule has 0 radical (unpaired) electrons. The molecule has 0 unspecified atom stereocenters. The van der Waals surface area contributed by atoms with Crippen LogP contribution in [0.2, 0.25) is 10.0 Å². The quantitative estimate of drug-likeness (QED) is 0.833. The van der Waals surface area contributed by atoms with Crippen LogP contribution >= 0.6 is 23.2 Å². The molecule has 0 saturated heterocycles. The van der Waals surface area contributed by atoms with Gasteiger partial charge in [0.15, 0.2) is 11.6 Å². The van der Waals surface area contributed by atoms with Crippen molar-refractivity contribution >= 4 is 34.8 Å². The minimum Gasteiger partial charge on any atom is -0.494 e. The first-order valence-corrected chi connectivity index (χ1v) is 7.03. The molecular weight excluding hydrogens is 330 g/mol. The molecule has 116 valence electrons. The van der Waals surface area contributed by atoms with Crippen LogP contribution in [0.25, 0.3) is 0 Å². The molecule has 0 heterocycles. The maximum atomic E-state index is 13.6. The Labute approximate surface area is 137 Å². The molecule has 3 N–H and O–H groups in total. The van der Waals surface area contributed by atoms with E-state index < -0.39 is 11.7 Å². The molecule has 0 aliphatic carbocycles. The van der Waals surface area contributed by atoms with Gasteiger partial charge < -0.3 is 15.8 Å². The molecule has 2 rings (SSSR count). The van der Waals surface area contributed by atoms with Crippen LogP contribution in [-0.2, 0) is 6.54 Å². The van der Waals surface area contributed by atoms with Gasteiger partial charge in [-0.2, -0.15) is 0 Å². The van der Waals surface area contributed by atoms with E-state index in [-0.39, 0.29) is 33.6 Å². The summed E-state index contributed by atoms with van der Waals surface area (Å²) in [6, 6.07) is 7.41. The number of methoxy groups -OCH3 is 1. The van der Waals surface area contributed by atoms with Gasteiger partial charge >= 0.3 is 0 Å². The normalized spacial score (nSPS) is 10.4. The fourth-order valence-corrected chi connectivity index (χ4v) is 2.41. The number of carbonyl (C=O) groups excluding carboxylic acids is 1. The summed E-state index contributed by atoms with van der Waals surface area (Å²) >= 11 is 12.0. The molecule has 4 nitrogen and oxygen atoms in total. The van der Waals surface area contributed by atoms with Crippen LogP contribution in [0.1, 0.15) is 15.9 Å². The number of carbonyl (C=O) groups is 1. The van der Waals surface area contributed by atoms with Crippen LogP contribution in [0, 0.1) is 5.82 Å². The molecule has 0 aromatic heterocycles. The van der Waals surface area contributed by atoms with Gasteiger partial charge in [-0.3, -0.25) is 4.79 Å². The number of hydrogen-bond acceptors (Lipinski definition) is 3. The lowest BCUT2D eigenvalue weighted by Crippen LogP contribution is -2.23. The van der Waals surface area contributed by atoms with Crippen molar-refractivity contribution in [3.63, 3.8) is 0 Å². The average molecular weight is 343 g/mol. The van der Waals surface area contributed by atoms with E-state index in [4.69, 9.17) is 33.7 Å². The number of hydrogen-bond donors (Lipinski definition) is 2. The van der Waals surface area contributed by atoms with E-state index in [1.165, 1.54) is 31.4 Å². The van der Waals surface area contributed by atoms with Gasteiger partial charge in [0, 0.05) is 6.54 Å². The standard InChI is InChI=1S/C15H13Cl2FN2O2/c1-22-12-5-2-8(6-10(12)18)7-20-15(21)13-9(16)3-4-11(19)14(13)17/h2-6H,7,19H2,1H3,(H,20,21). The van der Waals surface area contributed by atoms with Gasteiger partial charge in [0.1, 0.15) is 0 Å². The molecule has 0 aliphatic heterocycles. The third-order valence-electron chi connectivity index (χ3n) is 3.02. The summed E-state index contributed by atoms with van der Waals surface area (Å²) in [4.78, 5) is 12.2. The van der Waals surface area contributed by atoms with E-state index in [9.17, 15) is 9.18 Å². The third kappa shape index (κ3) is 3.43. The smallest absolute Gasteiger partial charge is 0.254 e. The number of nitrogens with two attached hydrogens (primary N) is 1. The summed E-state index contributed by atoms with van der Waals surface area (Å²) in [5.74, 6) is -0.857. The van der Waals surface area contributed by atoms with Crippen LogP contribution in [0.15, 0.2) is 30.3 Å². The summed E-state index contributed by atoms with van der Waals surface area (Å²) in [6.07, 6.45) is 0. The molecule has 7 heteroatoms. The Bertz CT molecular complexity index is 723. The molecule has 0 aliphatic rings. The second kappa shape index (κ2) is 6.85. The summed E-state index contributed by atoms with van der Waals surface area (Å²) in [6.45, 7) is 0.112. The SMILES string of the molecule is COc1ccc(CNC(=O)c2c(Cl)ccc(N)c2Cl)cc1F. The van der Waals surface area contributed by atoms with Gasteiger partial charge in [-0.1, -0.05) is 29.3 Å². The number of nitrogens with one attached hydrogen (secondary N) is 1. The number of ether oxygens (including phenoxy) is 1. The van der Waals surface area contributed by atoms with Gasteiger partial charge in [-0.05, 0) is 29.8 Å². The average Bonchev–Trinajstić information content (AvgIpc) is 2.49. The predicted octanol–water partition coefficient (Wildman–Crippen LogP) is 3.65. The Kier molecular flexibility index (Phi) is 5.11. The van der Waals surface area contributed by atoms with E-state index in [1.807, 2.05) is 0 Å². The molecule has 22 heavy (non-hydrogen) atoms. The van der Waals surface area contributed by atoms with Crippen molar-refractivity contribution in [3.8, 4) is 5.75 Å². The van der Waals surface area contributed by atoms with E-state index in [2.05, 4.69) is 5.32 Å². The van der Waals surface area contributed by atoms with Crippen LogP contribution in [0.5, 0.6) is 5.75 Å². The van der Waals surface area contributed by atoms with Gasteiger partial charge in [0.25, 0.3) is 5.91 Å². The van der Waals surface area contributed by atoms with Crippen LogP contribution in [-0.4, -0.2) is 13.0 Å². The molecule has 2 aromatic rings. The summed E-state index contributed by atoms with van der Waals surface area (Å²) in [7, 11) is 1.38. The number of amides is 1. The minimum atomic E-state index is -0.505. The van der Waals surface area contributed by atoms with Gasteiger partial charge in [-0.25, -0.2) is 4.39 Å². The van der Waals surface area contributed by atoms with Crippen molar-refractivity contribution in [1.82, 2.24) is 5.32 Å². The highest BCUT2D eigenvalue weighted by Crippen LogP contribution is 2.29. The van der Waals surface area contributed by atoms with Crippen molar-refractivity contribution in [2.75, 3.05) is 12.8 Å². The number of anilines is 1. The Morgan fingerprint density at radius 2 is 2.05 bits per heavy atom. The van der Waals surface area contributed by atoms with E-state index >= 15 is 0 Å². The largest absolute Gasteiger partial charge is 0.494 e. The lowest BCUT2D eigenvalue weighted by molar-refractivity contribution is 0.0951. The van der Waals surface area contributed by atoms with Crippen molar-refractivity contribution in [3.05, 3.63) is 57.3 Å². The number of halogens is 3. The van der Waals surface area contributed by atoms with Crippen molar-refractivity contribution in [2.45, 2.75) is 6.54 Å². The zero-order valence-electron chi connectivity index (χ0n) is 11.6. The molecule has 0 fully saturated rings. The fourth-order valence-electron chi connectivity index (χ4n) is 1.87. The molecule has 2 aromatic carbocycles. The highest BCUT2D eigenvalue weighted by molar-refractivity contribution is 6.41. The second-order valence-corrected chi connectivity index (χ2v) is 5.26. The topological polar surface area (TPSA) is 64.3 Å². The highest BCUT2D eigenvalue weighted by Gasteiger charge is 2.16. The first-order valence-electron chi connectivity index (χ1n) is 6.28. The number of rotatable bonds is 4. The lowest BCUT2D eigenvalue weighted by Gasteiger charge is -2.10. The Morgan fingerprint density at radius 1 is 1.32 bits per heavy atom. The first kappa shape index (κ1) is 16.4. The molecule has 0 saturated carbocycles. The van der Waals surface area contributed by atoms with Gasteiger partial charge in [0.2, 0.25) is 0 Å². The van der Waals surface area contributed by atoms with Crippen molar-refractivity contribution in [1.29, 1.82) is 0 Å². The summed E-state index contributed by atoms with van der Waals surface area (Å²) < 4.78 is 18.4. The molecule has 1 amide bonds. The predicted molar refractivity (Wildman–Crippen MR) is 85.0 cm³/mol. The Hall–Kier alpha value is -1.98. The minimum absolute atomic E-state index is 0.0888. The summed E-state index contributed by atoms with van der Waals surface area (Å²) in [5.41, 5.74) is 6.58. The van der Waals surface area contributed by atoms with Crippen LogP contribution < -0.4 is 15.8 Å². The lowest BCUT2D eigenvalue weighted by atomic mass is 10.1. The number of nitrogen functional groups attached to an aromatic ring is 1. The Morgan fingerprint density at radius 3 is 2.68 bits per heavy atom. The highest BCUT2D eigenvalue weighted by atomic mass is 35.5. The Balaban J connectivity index is 2.14. The van der Waals surface area contributed by atoms with Crippen LogP contribution in [0.4, 0.5) is 10.1 Å². The van der Waals surface area contributed by atoms with Crippen molar-refractivity contribution in [2.24, 2.45) is 0 Å². The maximum Gasteiger partial charge on any atom is 0.254 e. The first-order chi connectivity index (χ1) is 10.4. The van der Waals surface area contributed by atoms with E-state index in [1.54, 1.807) is 6.07 Å². The zero-order valence-corrected chi connectivity index (χ0v) is 13.1. The van der Waals surface area contributed by atoms with Crippen molar-refractivity contribution < 1.29 is 13.9 Å². The molecule has 0 spiro atoms. The van der Waals surface area contributed by atoms with E-state index in [0.717, 1.165) is 0 Å². The van der Waals surface area contributed by atoms with Gasteiger partial charge in [-0.15, -0.1) is 0 Å². The zero-order chi connectivity index (χ0) is 16.3. The number of benzene rings is 2. The fraction of sp³-hybridized carbons (Fsp3) is 0.133. The molecule has 0 atom stereocenters. The molecule has 0 bridgehead atoms. The molecular formula is C15H13Cl2FN2O2. The van der Waals surface area contributed by atoms with E-state index in [0.29, 0.717) is 5.56 Å². The summed E-state index contributed by atoms with van der Waals surface area (Å²) in [5, 5.41) is 2.90. The second-order valence-electron chi connectivity index (χ2n) is 4.48. The third-order valence-corrected chi connectivity index (χ3v) is 3.74. The van der Waals surface area contributed by atoms with Gasteiger partial charge in [0.05, 0.1) is 28.4 Å². The monoisotopic (exact) mass is 342 g/mol.